The molecule has 5 nitrogen and oxygen atoms in total. The highest BCUT2D eigenvalue weighted by Crippen LogP contribution is 2.27. The van der Waals surface area contributed by atoms with Crippen LogP contribution in [0.15, 0.2) is 54.9 Å². The summed E-state index contributed by atoms with van der Waals surface area (Å²) in [5.41, 5.74) is 8.31. The van der Waals surface area contributed by atoms with Crippen molar-refractivity contribution >= 4 is 5.82 Å². The number of nitrogens with two attached hydrogens (primary N) is 1. The van der Waals surface area contributed by atoms with Crippen LogP contribution in [0.3, 0.4) is 0 Å². The molecule has 0 spiro atoms. The lowest BCUT2D eigenvalue weighted by molar-refractivity contribution is 0.477. The molecule has 0 radical (unpaired) electrons. The number of hydrogen-bond acceptors (Lipinski definition) is 5. The lowest BCUT2D eigenvalue weighted by atomic mass is 10.1. The van der Waals surface area contributed by atoms with E-state index in [0.717, 1.165) is 5.56 Å². The fraction of sp³-hybridized carbons (Fsp3) is 0.105. The maximum Gasteiger partial charge on any atom is 0.161 e. The van der Waals surface area contributed by atoms with Gasteiger partial charge in [0, 0.05) is 23.5 Å². The number of aromatic hydroxyl groups is 1. The van der Waals surface area contributed by atoms with Gasteiger partial charge in [-0.05, 0) is 30.3 Å². The first-order chi connectivity index (χ1) is 11.7. The minimum Gasteiger partial charge on any atom is -0.507 e. The fourth-order valence-corrected chi connectivity index (χ4v) is 1.90. The van der Waals surface area contributed by atoms with E-state index in [4.69, 9.17) is 5.73 Å². The average Bonchev–Trinajstić information content (AvgIpc) is 2.64. The smallest absolute Gasteiger partial charge is 0.161 e. The van der Waals surface area contributed by atoms with Gasteiger partial charge in [0.15, 0.2) is 5.82 Å². The standard InChI is InChI=1S/C17H12N4O.C2H6/c18-17-13(6-5-12-7-9-19-10-8-12)11-15(20-21-17)14-3-1-2-4-16(14)22;1-2/h1-4,7-11,22H,(H2,18,21);1-2H3. The molecule has 0 atom stereocenters. The molecule has 0 aliphatic heterocycles. The lowest BCUT2D eigenvalue weighted by Crippen LogP contribution is -1.99. The zero-order valence-corrected chi connectivity index (χ0v) is 13.6. The summed E-state index contributed by atoms with van der Waals surface area (Å²) in [6, 6.07) is 12.2. The van der Waals surface area contributed by atoms with Crippen molar-refractivity contribution in [3.05, 3.63) is 66.0 Å². The second-order valence-electron chi connectivity index (χ2n) is 4.53. The van der Waals surface area contributed by atoms with Crippen molar-refractivity contribution in [2.24, 2.45) is 0 Å². The number of hydrogen-bond donors (Lipinski definition) is 2. The summed E-state index contributed by atoms with van der Waals surface area (Å²) >= 11 is 0. The van der Waals surface area contributed by atoms with Crippen LogP contribution in [0, 0.1) is 11.8 Å². The van der Waals surface area contributed by atoms with Gasteiger partial charge >= 0.3 is 0 Å². The number of phenols is 1. The molecule has 0 saturated carbocycles. The molecule has 3 rings (SSSR count). The molecule has 1 aromatic carbocycles. The van der Waals surface area contributed by atoms with E-state index in [1.165, 1.54) is 0 Å². The molecular formula is C19H18N4O. The molecule has 120 valence electrons. The van der Waals surface area contributed by atoms with Crippen molar-refractivity contribution in [3.8, 4) is 28.8 Å². The van der Waals surface area contributed by atoms with Gasteiger partial charge < -0.3 is 10.8 Å². The molecule has 0 unspecified atom stereocenters. The summed E-state index contributed by atoms with van der Waals surface area (Å²) in [6.45, 7) is 4.00. The molecule has 2 heterocycles. The van der Waals surface area contributed by atoms with Gasteiger partial charge in [-0.2, -0.15) is 0 Å². The molecular weight excluding hydrogens is 300 g/mol. The van der Waals surface area contributed by atoms with E-state index >= 15 is 0 Å². The maximum atomic E-state index is 9.89. The van der Waals surface area contributed by atoms with Gasteiger partial charge in [0.2, 0.25) is 0 Å². The molecule has 0 aliphatic rings. The van der Waals surface area contributed by atoms with E-state index in [1.54, 1.807) is 36.7 Å². The molecule has 0 amide bonds. The van der Waals surface area contributed by atoms with E-state index in [-0.39, 0.29) is 11.6 Å². The van der Waals surface area contributed by atoms with Gasteiger partial charge in [0.1, 0.15) is 5.75 Å². The van der Waals surface area contributed by atoms with E-state index in [9.17, 15) is 5.11 Å². The van der Waals surface area contributed by atoms with Crippen LogP contribution >= 0.6 is 0 Å². The highest BCUT2D eigenvalue weighted by atomic mass is 16.3. The number of nitrogens with zero attached hydrogens (tertiary/aromatic N) is 3. The third-order valence-electron chi connectivity index (χ3n) is 3.02. The van der Waals surface area contributed by atoms with Crippen molar-refractivity contribution in [2.45, 2.75) is 13.8 Å². The topological polar surface area (TPSA) is 84.9 Å². The van der Waals surface area contributed by atoms with Crippen LogP contribution in [0.25, 0.3) is 11.3 Å². The van der Waals surface area contributed by atoms with E-state index in [0.29, 0.717) is 16.8 Å². The Morgan fingerprint density at radius 3 is 2.38 bits per heavy atom. The highest BCUT2D eigenvalue weighted by Gasteiger charge is 2.08. The normalized spacial score (nSPS) is 9.25. The molecule has 0 bridgehead atoms. The van der Waals surface area contributed by atoms with Crippen LogP contribution in [0.2, 0.25) is 0 Å². The molecule has 0 aliphatic carbocycles. The van der Waals surface area contributed by atoms with Gasteiger partial charge in [-0.25, -0.2) is 0 Å². The van der Waals surface area contributed by atoms with E-state index in [1.807, 2.05) is 32.0 Å². The SMILES string of the molecule is CC.Nc1nnc(-c2ccccc2O)cc1C#Cc1ccncc1. The van der Waals surface area contributed by atoms with Crippen molar-refractivity contribution in [2.75, 3.05) is 5.73 Å². The van der Waals surface area contributed by atoms with Crippen molar-refractivity contribution in [1.82, 2.24) is 15.2 Å². The van der Waals surface area contributed by atoms with Crippen LogP contribution in [-0.4, -0.2) is 20.3 Å². The van der Waals surface area contributed by atoms with E-state index in [2.05, 4.69) is 27.0 Å². The number of phenolic OH excluding ortho intramolecular Hbond substituents is 1. The van der Waals surface area contributed by atoms with Gasteiger partial charge in [0.25, 0.3) is 0 Å². The number of pyridine rings is 1. The van der Waals surface area contributed by atoms with Crippen molar-refractivity contribution < 1.29 is 5.11 Å². The number of anilines is 1. The zero-order chi connectivity index (χ0) is 17.4. The third kappa shape index (κ3) is 4.08. The van der Waals surface area contributed by atoms with Crippen LogP contribution in [0.4, 0.5) is 5.82 Å². The van der Waals surface area contributed by atoms with Gasteiger partial charge in [-0.1, -0.05) is 37.8 Å². The van der Waals surface area contributed by atoms with Crippen LogP contribution < -0.4 is 5.73 Å². The largest absolute Gasteiger partial charge is 0.507 e. The van der Waals surface area contributed by atoms with E-state index < -0.39 is 0 Å². The second-order valence-corrected chi connectivity index (χ2v) is 4.53. The van der Waals surface area contributed by atoms with Crippen LogP contribution in [0.5, 0.6) is 5.75 Å². The number of aromatic nitrogens is 3. The Hall–Kier alpha value is -3.39. The summed E-state index contributed by atoms with van der Waals surface area (Å²) < 4.78 is 0. The predicted molar refractivity (Wildman–Crippen MR) is 95.1 cm³/mol. The Kier molecular flexibility index (Phi) is 5.87. The number of rotatable bonds is 1. The Morgan fingerprint density at radius 2 is 1.67 bits per heavy atom. The minimum absolute atomic E-state index is 0.134. The first-order valence-electron chi connectivity index (χ1n) is 7.57. The van der Waals surface area contributed by atoms with Crippen LogP contribution in [0.1, 0.15) is 25.0 Å². The molecule has 5 heteroatoms. The Morgan fingerprint density at radius 1 is 0.958 bits per heavy atom. The predicted octanol–water partition coefficient (Wildman–Crippen LogP) is 3.25. The fourth-order valence-electron chi connectivity index (χ4n) is 1.90. The second kappa shape index (κ2) is 8.30. The first-order valence-corrected chi connectivity index (χ1v) is 7.57. The molecule has 3 aromatic rings. The monoisotopic (exact) mass is 318 g/mol. The number of benzene rings is 1. The molecule has 2 aromatic heterocycles. The van der Waals surface area contributed by atoms with Gasteiger partial charge in [-0.3, -0.25) is 4.98 Å². The highest BCUT2D eigenvalue weighted by molar-refractivity contribution is 5.69. The Balaban J connectivity index is 0.00000100. The summed E-state index contributed by atoms with van der Waals surface area (Å²) in [5.74, 6) is 6.35. The Labute approximate surface area is 141 Å². The van der Waals surface area contributed by atoms with Gasteiger partial charge in [-0.15, -0.1) is 10.2 Å². The molecule has 0 saturated heterocycles. The van der Waals surface area contributed by atoms with Crippen molar-refractivity contribution in [1.29, 1.82) is 0 Å². The minimum atomic E-state index is 0.134. The molecule has 24 heavy (non-hydrogen) atoms. The Bertz CT molecular complexity index is 867. The lowest BCUT2D eigenvalue weighted by Gasteiger charge is -2.04. The summed E-state index contributed by atoms with van der Waals surface area (Å²) in [6.07, 6.45) is 3.34. The van der Waals surface area contributed by atoms with Crippen LogP contribution in [-0.2, 0) is 0 Å². The summed E-state index contributed by atoms with van der Waals surface area (Å²) in [7, 11) is 0. The quantitative estimate of drug-likeness (QED) is 0.673. The molecule has 0 fully saturated rings. The third-order valence-corrected chi connectivity index (χ3v) is 3.02. The number of para-hydroxylation sites is 1. The zero-order valence-electron chi connectivity index (χ0n) is 13.6. The average molecular weight is 318 g/mol. The summed E-state index contributed by atoms with van der Waals surface area (Å²) in [4.78, 5) is 3.94. The van der Waals surface area contributed by atoms with Crippen molar-refractivity contribution in [3.63, 3.8) is 0 Å². The summed E-state index contributed by atoms with van der Waals surface area (Å²) in [5, 5.41) is 17.8. The molecule has 3 N–H and O–H groups in total. The van der Waals surface area contributed by atoms with Gasteiger partial charge in [0.05, 0.1) is 11.3 Å². The first kappa shape index (κ1) is 17.0. The maximum absolute atomic E-state index is 9.89. The number of nitrogen functional groups attached to an aromatic ring is 1.